The van der Waals surface area contributed by atoms with Crippen molar-refractivity contribution in [3.05, 3.63) is 105 Å². The molecular formula is C26H21Cl2N3O3. The third kappa shape index (κ3) is 4.83. The van der Waals surface area contributed by atoms with Crippen molar-refractivity contribution in [3.63, 3.8) is 0 Å². The SMILES string of the molecule is Cc1cc(Cl)ccc1NC(=O)c1ccc(C)c(NC2=C(Cl)C(=O)N(Cc3ccccc3)C2=O)c1. The molecule has 0 aromatic heterocycles. The van der Waals surface area contributed by atoms with Gasteiger partial charge in [0.2, 0.25) is 0 Å². The maximum absolute atomic E-state index is 13.0. The Morgan fingerprint density at radius 2 is 1.59 bits per heavy atom. The smallest absolute Gasteiger partial charge is 0.279 e. The lowest BCUT2D eigenvalue weighted by atomic mass is 10.1. The summed E-state index contributed by atoms with van der Waals surface area (Å²) in [7, 11) is 0. The number of imide groups is 1. The molecule has 0 saturated heterocycles. The summed E-state index contributed by atoms with van der Waals surface area (Å²) in [5.74, 6) is -1.42. The molecule has 0 atom stereocenters. The normalized spacial score (nSPS) is 13.5. The molecule has 1 aliphatic rings. The Kier molecular flexibility index (Phi) is 6.72. The lowest BCUT2D eigenvalue weighted by Gasteiger charge is -2.16. The van der Waals surface area contributed by atoms with E-state index in [-0.39, 0.29) is 23.2 Å². The zero-order valence-corrected chi connectivity index (χ0v) is 20.0. The molecule has 0 unspecified atom stereocenters. The molecule has 6 nitrogen and oxygen atoms in total. The van der Waals surface area contributed by atoms with Crippen LogP contribution in [0, 0.1) is 13.8 Å². The second kappa shape index (κ2) is 9.71. The van der Waals surface area contributed by atoms with Gasteiger partial charge in [0.25, 0.3) is 17.7 Å². The number of amides is 3. The molecule has 4 rings (SSSR count). The van der Waals surface area contributed by atoms with Crippen LogP contribution < -0.4 is 10.6 Å². The molecular weight excluding hydrogens is 473 g/mol. The van der Waals surface area contributed by atoms with Crippen molar-refractivity contribution in [2.45, 2.75) is 20.4 Å². The van der Waals surface area contributed by atoms with E-state index in [4.69, 9.17) is 23.2 Å². The second-order valence-electron chi connectivity index (χ2n) is 7.94. The van der Waals surface area contributed by atoms with E-state index in [9.17, 15) is 14.4 Å². The van der Waals surface area contributed by atoms with Crippen molar-refractivity contribution in [1.82, 2.24) is 4.90 Å². The highest BCUT2D eigenvalue weighted by Gasteiger charge is 2.38. The van der Waals surface area contributed by atoms with Gasteiger partial charge in [0.15, 0.2) is 0 Å². The lowest BCUT2D eigenvalue weighted by molar-refractivity contribution is -0.138. The van der Waals surface area contributed by atoms with Crippen molar-refractivity contribution in [2.75, 3.05) is 10.6 Å². The topological polar surface area (TPSA) is 78.5 Å². The Morgan fingerprint density at radius 1 is 0.853 bits per heavy atom. The predicted octanol–water partition coefficient (Wildman–Crippen LogP) is 5.64. The van der Waals surface area contributed by atoms with E-state index < -0.39 is 11.8 Å². The number of aryl methyl sites for hydroxylation is 2. The molecule has 3 amide bonds. The monoisotopic (exact) mass is 493 g/mol. The van der Waals surface area contributed by atoms with Crippen molar-refractivity contribution >= 4 is 52.3 Å². The van der Waals surface area contributed by atoms with Crippen LogP contribution in [0.25, 0.3) is 0 Å². The second-order valence-corrected chi connectivity index (χ2v) is 8.75. The summed E-state index contributed by atoms with van der Waals surface area (Å²) in [6, 6.07) is 19.4. The van der Waals surface area contributed by atoms with Crippen LogP contribution in [0.5, 0.6) is 0 Å². The molecule has 2 N–H and O–H groups in total. The Balaban J connectivity index is 1.54. The highest BCUT2D eigenvalue weighted by molar-refractivity contribution is 6.48. The van der Waals surface area contributed by atoms with Crippen molar-refractivity contribution in [1.29, 1.82) is 0 Å². The number of hydrogen-bond donors (Lipinski definition) is 2. The molecule has 0 radical (unpaired) electrons. The van der Waals surface area contributed by atoms with Crippen LogP contribution in [-0.4, -0.2) is 22.6 Å². The molecule has 3 aromatic rings. The van der Waals surface area contributed by atoms with Crippen LogP contribution in [0.15, 0.2) is 77.5 Å². The van der Waals surface area contributed by atoms with Gasteiger partial charge >= 0.3 is 0 Å². The number of nitrogens with zero attached hydrogens (tertiary/aromatic N) is 1. The first-order valence-electron chi connectivity index (χ1n) is 10.5. The van der Waals surface area contributed by atoms with Gasteiger partial charge in [0.05, 0.1) is 6.54 Å². The minimum absolute atomic E-state index is 0.0169. The molecule has 34 heavy (non-hydrogen) atoms. The third-order valence-electron chi connectivity index (χ3n) is 5.49. The van der Waals surface area contributed by atoms with Gasteiger partial charge in [-0.05, 0) is 60.9 Å². The number of halogens is 2. The fourth-order valence-electron chi connectivity index (χ4n) is 3.56. The Labute approximate surface area is 207 Å². The predicted molar refractivity (Wildman–Crippen MR) is 134 cm³/mol. The average molecular weight is 494 g/mol. The summed E-state index contributed by atoms with van der Waals surface area (Å²) in [6.45, 7) is 3.79. The molecule has 1 aliphatic heterocycles. The molecule has 0 aliphatic carbocycles. The van der Waals surface area contributed by atoms with Gasteiger partial charge in [-0.3, -0.25) is 19.3 Å². The standard InChI is InChI=1S/C26H21Cl2N3O3/c1-15-8-9-18(24(32)30-20-11-10-19(27)12-16(20)2)13-21(15)29-23-22(28)25(33)31(26(23)34)14-17-6-4-3-5-7-17/h3-13,29H,14H2,1-2H3,(H,30,32). The third-order valence-corrected chi connectivity index (χ3v) is 6.08. The molecule has 0 saturated carbocycles. The van der Waals surface area contributed by atoms with E-state index in [0.717, 1.165) is 21.6 Å². The molecule has 3 aromatic carbocycles. The van der Waals surface area contributed by atoms with E-state index in [1.165, 1.54) is 0 Å². The van der Waals surface area contributed by atoms with E-state index in [1.54, 1.807) is 36.4 Å². The summed E-state index contributed by atoms with van der Waals surface area (Å²) in [4.78, 5) is 39.6. The fraction of sp³-hybridized carbons (Fsp3) is 0.115. The zero-order chi connectivity index (χ0) is 24.4. The van der Waals surface area contributed by atoms with Crippen molar-refractivity contribution in [3.8, 4) is 0 Å². The lowest BCUT2D eigenvalue weighted by Crippen LogP contribution is -2.31. The quantitative estimate of drug-likeness (QED) is 0.435. The van der Waals surface area contributed by atoms with Gasteiger partial charge < -0.3 is 10.6 Å². The molecule has 0 bridgehead atoms. The number of benzene rings is 3. The van der Waals surface area contributed by atoms with Crippen molar-refractivity contribution in [2.24, 2.45) is 0 Å². The highest BCUT2D eigenvalue weighted by atomic mass is 35.5. The number of anilines is 2. The first-order valence-corrected chi connectivity index (χ1v) is 11.3. The van der Waals surface area contributed by atoms with Crippen LogP contribution >= 0.6 is 23.2 Å². The Hall–Kier alpha value is -3.61. The Bertz CT molecular complexity index is 1340. The van der Waals surface area contributed by atoms with Gasteiger partial charge in [-0.1, -0.05) is 59.6 Å². The zero-order valence-electron chi connectivity index (χ0n) is 18.5. The molecule has 1 heterocycles. The number of carbonyl (C=O) groups is 3. The summed E-state index contributed by atoms with van der Waals surface area (Å²) in [5.41, 5.74) is 3.91. The minimum Gasteiger partial charge on any atom is -0.349 e. The summed E-state index contributed by atoms with van der Waals surface area (Å²) < 4.78 is 0. The van der Waals surface area contributed by atoms with Crippen LogP contribution in [0.4, 0.5) is 11.4 Å². The van der Waals surface area contributed by atoms with Gasteiger partial charge in [0.1, 0.15) is 10.7 Å². The average Bonchev–Trinajstić information content (AvgIpc) is 3.01. The summed E-state index contributed by atoms with van der Waals surface area (Å²) in [5, 5.41) is 6.23. The van der Waals surface area contributed by atoms with Crippen molar-refractivity contribution < 1.29 is 14.4 Å². The summed E-state index contributed by atoms with van der Waals surface area (Å²) >= 11 is 12.2. The molecule has 0 fully saturated rings. The fourth-order valence-corrected chi connectivity index (χ4v) is 4.02. The van der Waals surface area contributed by atoms with Gasteiger partial charge in [-0.2, -0.15) is 0 Å². The van der Waals surface area contributed by atoms with Gasteiger partial charge in [-0.15, -0.1) is 0 Å². The van der Waals surface area contributed by atoms with Gasteiger partial charge in [-0.25, -0.2) is 0 Å². The van der Waals surface area contributed by atoms with Gasteiger partial charge in [0, 0.05) is 22.0 Å². The highest BCUT2D eigenvalue weighted by Crippen LogP contribution is 2.29. The number of rotatable bonds is 6. The first-order chi connectivity index (χ1) is 16.2. The van der Waals surface area contributed by atoms with E-state index in [2.05, 4.69) is 10.6 Å². The maximum atomic E-state index is 13.0. The van der Waals surface area contributed by atoms with E-state index >= 15 is 0 Å². The summed E-state index contributed by atoms with van der Waals surface area (Å²) in [6.07, 6.45) is 0. The number of hydrogen-bond acceptors (Lipinski definition) is 4. The maximum Gasteiger partial charge on any atom is 0.279 e. The minimum atomic E-state index is -0.567. The van der Waals surface area contributed by atoms with Crippen LogP contribution in [0.3, 0.4) is 0 Å². The Morgan fingerprint density at radius 3 is 2.29 bits per heavy atom. The first kappa shape index (κ1) is 23.5. The van der Waals surface area contributed by atoms with Crippen LogP contribution in [-0.2, 0) is 16.1 Å². The molecule has 0 spiro atoms. The van der Waals surface area contributed by atoms with Crippen LogP contribution in [0.1, 0.15) is 27.0 Å². The largest absolute Gasteiger partial charge is 0.349 e. The molecule has 172 valence electrons. The van der Waals surface area contributed by atoms with E-state index in [1.807, 2.05) is 44.2 Å². The van der Waals surface area contributed by atoms with E-state index in [0.29, 0.717) is 22.0 Å². The number of carbonyl (C=O) groups excluding carboxylic acids is 3. The number of nitrogens with one attached hydrogen (secondary N) is 2. The molecule has 8 heteroatoms. The van der Waals surface area contributed by atoms with Crippen LogP contribution in [0.2, 0.25) is 5.02 Å².